The van der Waals surface area contributed by atoms with E-state index in [1.54, 1.807) is 0 Å². The number of carbonyl (C=O) groups excluding carboxylic acids is 1. The number of hydrogen-bond acceptors (Lipinski definition) is 3. The maximum Gasteiger partial charge on any atom is 0.311 e. The fourth-order valence-corrected chi connectivity index (χ4v) is 3.60. The fraction of sp³-hybridized carbons (Fsp3) is 0.944. The lowest BCUT2D eigenvalue weighted by Crippen LogP contribution is -2.56. The normalized spacial score (nSPS) is 31.6. The number of ether oxygens (including phenoxy) is 1. The van der Waals surface area contributed by atoms with Gasteiger partial charge < -0.3 is 4.74 Å². The highest BCUT2D eigenvalue weighted by molar-refractivity contribution is 5.75. The molecule has 0 aromatic heterocycles. The molecule has 3 nitrogen and oxygen atoms in total. The molecular weight excluding hydrogens is 262 g/mol. The van der Waals surface area contributed by atoms with Crippen molar-refractivity contribution in [2.75, 3.05) is 13.1 Å². The third-order valence-corrected chi connectivity index (χ3v) is 5.04. The van der Waals surface area contributed by atoms with Gasteiger partial charge in [0.05, 0.1) is 5.41 Å². The van der Waals surface area contributed by atoms with Gasteiger partial charge in [-0.25, -0.2) is 0 Å². The number of hydrogen-bond donors (Lipinski definition) is 0. The summed E-state index contributed by atoms with van der Waals surface area (Å²) in [5.74, 6) is 0.988. The van der Waals surface area contributed by atoms with E-state index in [1.165, 1.54) is 25.7 Å². The Labute approximate surface area is 130 Å². The van der Waals surface area contributed by atoms with E-state index in [9.17, 15) is 4.79 Å². The minimum Gasteiger partial charge on any atom is -0.461 e. The highest BCUT2D eigenvalue weighted by atomic mass is 16.5. The Morgan fingerprint density at radius 1 is 0.952 bits per heavy atom. The van der Waals surface area contributed by atoms with E-state index in [4.69, 9.17) is 4.74 Å². The molecule has 0 N–H and O–H groups in total. The average molecular weight is 295 g/mol. The molecule has 2 rings (SSSR count). The van der Waals surface area contributed by atoms with Crippen molar-refractivity contribution in [3.05, 3.63) is 0 Å². The van der Waals surface area contributed by atoms with Gasteiger partial charge in [-0.3, -0.25) is 9.69 Å². The second kappa shape index (κ2) is 5.91. The third kappa shape index (κ3) is 4.00. The van der Waals surface area contributed by atoms with Crippen molar-refractivity contribution in [1.82, 2.24) is 4.90 Å². The van der Waals surface area contributed by atoms with Crippen molar-refractivity contribution in [2.24, 2.45) is 17.3 Å². The van der Waals surface area contributed by atoms with Crippen molar-refractivity contribution in [3.63, 3.8) is 0 Å². The molecule has 1 aliphatic heterocycles. The van der Waals surface area contributed by atoms with Gasteiger partial charge in [-0.2, -0.15) is 0 Å². The molecule has 122 valence electrons. The number of nitrogens with zero attached hydrogens (tertiary/aromatic N) is 1. The van der Waals surface area contributed by atoms with E-state index in [0.29, 0.717) is 11.8 Å². The Balaban J connectivity index is 2.14. The number of piperidine rings is 1. The van der Waals surface area contributed by atoms with Crippen LogP contribution in [0.25, 0.3) is 0 Å². The van der Waals surface area contributed by atoms with E-state index >= 15 is 0 Å². The molecule has 0 aromatic rings. The van der Waals surface area contributed by atoms with Crippen molar-refractivity contribution >= 4 is 5.97 Å². The minimum absolute atomic E-state index is 0.0337. The SMILES string of the molecule is CC(C)(C)C(=O)OC1[C@@H]2CCCC[C@H]1CN(C(C)(C)C)C2. The number of likely N-dealkylation sites (tertiary alicyclic amines) is 1. The van der Waals surface area contributed by atoms with E-state index in [1.807, 2.05) is 20.8 Å². The summed E-state index contributed by atoms with van der Waals surface area (Å²) in [6.07, 6.45) is 5.10. The lowest BCUT2D eigenvalue weighted by atomic mass is 9.82. The molecule has 21 heavy (non-hydrogen) atoms. The highest BCUT2D eigenvalue weighted by Crippen LogP contribution is 2.38. The van der Waals surface area contributed by atoms with Gasteiger partial charge in [-0.05, 0) is 54.4 Å². The van der Waals surface area contributed by atoms with Gasteiger partial charge >= 0.3 is 5.97 Å². The van der Waals surface area contributed by atoms with Crippen LogP contribution >= 0.6 is 0 Å². The van der Waals surface area contributed by atoms with Crippen LogP contribution in [0.15, 0.2) is 0 Å². The van der Waals surface area contributed by atoms with Crippen LogP contribution in [0.5, 0.6) is 0 Å². The average Bonchev–Trinajstić information content (AvgIpc) is 2.44. The van der Waals surface area contributed by atoms with Gasteiger partial charge in [-0.1, -0.05) is 12.8 Å². The Hall–Kier alpha value is -0.570. The fourth-order valence-electron chi connectivity index (χ4n) is 3.60. The zero-order valence-electron chi connectivity index (χ0n) is 14.7. The highest BCUT2D eigenvalue weighted by Gasteiger charge is 2.43. The van der Waals surface area contributed by atoms with Crippen LogP contribution in [-0.2, 0) is 9.53 Å². The molecule has 0 spiro atoms. The number of rotatable bonds is 1. The van der Waals surface area contributed by atoms with Crippen molar-refractivity contribution in [1.29, 1.82) is 0 Å². The third-order valence-electron chi connectivity index (χ3n) is 5.04. The summed E-state index contributed by atoms with van der Waals surface area (Å²) < 4.78 is 6.00. The predicted octanol–water partition coefficient (Wildman–Crippen LogP) is 3.86. The molecule has 2 bridgehead atoms. The van der Waals surface area contributed by atoms with Crippen LogP contribution in [0.4, 0.5) is 0 Å². The second-order valence-electron chi connectivity index (χ2n) is 9.00. The quantitative estimate of drug-likeness (QED) is 0.688. The molecule has 1 heterocycles. The lowest BCUT2D eigenvalue weighted by molar-refractivity contribution is -0.170. The van der Waals surface area contributed by atoms with Crippen LogP contribution in [0.1, 0.15) is 67.2 Å². The zero-order chi connectivity index (χ0) is 15.8. The van der Waals surface area contributed by atoms with E-state index in [-0.39, 0.29) is 17.6 Å². The minimum atomic E-state index is -0.398. The van der Waals surface area contributed by atoms with Gasteiger partial charge in [0.1, 0.15) is 6.10 Å². The van der Waals surface area contributed by atoms with Gasteiger partial charge in [0, 0.05) is 30.5 Å². The van der Waals surface area contributed by atoms with Gasteiger partial charge in [-0.15, -0.1) is 0 Å². The maximum atomic E-state index is 12.3. The molecule has 1 saturated carbocycles. The van der Waals surface area contributed by atoms with Crippen molar-refractivity contribution in [2.45, 2.75) is 78.9 Å². The van der Waals surface area contributed by atoms with E-state index < -0.39 is 5.41 Å². The molecule has 0 amide bonds. The maximum absolute atomic E-state index is 12.3. The molecule has 3 atom stereocenters. The summed E-state index contributed by atoms with van der Waals surface area (Å²) in [5, 5.41) is 0. The topological polar surface area (TPSA) is 29.5 Å². The molecule has 1 saturated heterocycles. The molecule has 1 aliphatic carbocycles. The van der Waals surface area contributed by atoms with Crippen molar-refractivity contribution in [3.8, 4) is 0 Å². The Morgan fingerprint density at radius 2 is 1.43 bits per heavy atom. The summed E-state index contributed by atoms with van der Waals surface area (Å²) in [7, 11) is 0. The van der Waals surface area contributed by atoms with Gasteiger partial charge in [0.15, 0.2) is 0 Å². The van der Waals surface area contributed by atoms with Gasteiger partial charge in [0.2, 0.25) is 0 Å². The molecule has 2 aliphatic rings. The second-order valence-corrected chi connectivity index (χ2v) is 9.00. The molecule has 1 unspecified atom stereocenters. The lowest BCUT2D eigenvalue weighted by Gasteiger charge is -2.48. The zero-order valence-corrected chi connectivity index (χ0v) is 14.7. The number of esters is 1. The molecule has 0 aromatic carbocycles. The molecular formula is C18H33NO2. The molecule has 3 heteroatoms. The Bertz CT molecular complexity index is 362. The number of carbonyl (C=O) groups is 1. The van der Waals surface area contributed by atoms with Crippen LogP contribution in [-0.4, -0.2) is 35.6 Å². The summed E-state index contributed by atoms with van der Waals surface area (Å²) in [5.41, 5.74) is -0.190. The Kier molecular flexibility index (Phi) is 4.72. The van der Waals surface area contributed by atoms with E-state index in [2.05, 4.69) is 25.7 Å². The summed E-state index contributed by atoms with van der Waals surface area (Å²) in [6, 6.07) is 0. The van der Waals surface area contributed by atoms with Crippen LogP contribution in [0.2, 0.25) is 0 Å². The largest absolute Gasteiger partial charge is 0.461 e. The summed E-state index contributed by atoms with van der Waals surface area (Å²) in [4.78, 5) is 14.9. The van der Waals surface area contributed by atoms with Crippen molar-refractivity contribution < 1.29 is 9.53 Å². The Morgan fingerprint density at radius 3 is 1.81 bits per heavy atom. The van der Waals surface area contributed by atoms with E-state index in [0.717, 1.165) is 13.1 Å². The molecule has 2 fully saturated rings. The standard InChI is InChI=1S/C18H33NO2/c1-17(2,3)16(20)21-15-13-9-7-8-10-14(15)12-19(11-13)18(4,5)6/h13-15H,7-12H2,1-6H3/t13-,14+,15?. The first-order valence-electron chi connectivity index (χ1n) is 8.55. The first-order chi connectivity index (χ1) is 9.59. The van der Waals surface area contributed by atoms with Crippen LogP contribution in [0.3, 0.4) is 0 Å². The monoisotopic (exact) mass is 295 g/mol. The van der Waals surface area contributed by atoms with Crippen LogP contribution < -0.4 is 0 Å². The molecule has 0 radical (unpaired) electrons. The number of fused-ring (bicyclic) bond motifs is 2. The van der Waals surface area contributed by atoms with Crippen LogP contribution in [0, 0.1) is 17.3 Å². The smallest absolute Gasteiger partial charge is 0.311 e. The first-order valence-corrected chi connectivity index (χ1v) is 8.55. The predicted molar refractivity (Wildman–Crippen MR) is 86.1 cm³/mol. The summed E-state index contributed by atoms with van der Waals surface area (Å²) in [6.45, 7) is 14.9. The first kappa shape index (κ1) is 16.8. The van der Waals surface area contributed by atoms with Gasteiger partial charge in [0.25, 0.3) is 0 Å². The summed E-state index contributed by atoms with van der Waals surface area (Å²) >= 11 is 0.